The minimum absolute atomic E-state index is 0.305. The summed E-state index contributed by atoms with van der Waals surface area (Å²) in [6, 6.07) is -0.539. The molecule has 5 heteroatoms. The highest BCUT2D eigenvalue weighted by Crippen LogP contribution is 2.21. The highest BCUT2D eigenvalue weighted by Gasteiger charge is 2.38. The van der Waals surface area contributed by atoms with E-state index < -0.39 is 17.6 Å². The fraction of sp³-hybridized carbons (Fsp3) is 0.833. The number of amides is 1. The van der Waals surface area contributed by atoms with Crippen molar-refractivity contribution in [3.63, 3.8) is 0 Å². The molecule has 1 unspecified atom stereocenters. The van der Waals surface area contributed by atoms with Crippen molar-refractivity contribution in [1.29, 1.82) is 0 Å². The first kappa shape index (κ1) is 14.0. The first-order valence-electron chi connectivity index (χ1n) is 6.08. The molecule has 1 saturated heterocycles. The second kappa shape index (κ2) is 5.49. The quantitative estimate of drug-likeness (QED) is 0.741. The van der Waals surface area contributed by atoms with Crippen LogP contribution in [-0.2, 0) is 14.3 Å². The van der Waals surface area contributed by atoms with E-state index in [-0.39, 0.29) is 5.97 Å². The molecule has 17 heavy (non-hydrogen) atoms. The Bertz CT molecular complexity index is 295. The zero-order chi connectivity index (χ0) is 13.1. The van der Waals surface area contributed by atoms with E-state index in [0.29, 0.717) is 19.6 Å². The molecule has 1 amide bonds. The van der Waals surface area contributed by atoms with Crippen LogP contribution in [0, 0.1) is 0 Å². The SMILES string of the molecule is CCOC(=O)C1CCCCN1C(=O)C(C)(C)O. The topological polar surface area (TPSA) is 66.8 Å². The van der Waals surface area contributed by atoms with Crippen molar-refractivity contribution < 1.29 is 19.4 Å². The normalized spacial score (nSPS) is 21.2. The zero-order valence-corrected chi connectivity index (χ0v) is 10.7. The standard InChI is InChI=1S/C12H21NO4/c1-4-17-10(14)9-7-5-6-8-13(9)11(15)12(2,3)16/h9,16H,4-8H2,1-3H3. The number of nitrogens with zero attached hydrogens (tertiary/aromatic N) is 1. The average Bonchev–Trinajstić information content (AvgIpc) is 2.27. The third-order valence-electron chi connectivity index (χ3n) is 2.85. The Kier molecular flexibility index (Phi) is 4.51. The van der Waals surface area contributed by atoms with Crippen LogP contribution in [-0.4, -0.2) is 46.7 Å². The zero-order valence-electron chi connectivity index (χ0n) is 10.7. The summed E-state index contributed by atoms with van der Waals surface area (Å²) >= 11 is 0. The number of esters is 1. The number of likely N-dealkylation sites (tertiary alicyclic amines) is 1. The lowest BCUT2D eigenvalue weighted by molar-refractivity contribution is -0.163. The second-order valence-corrected chi connectivity index (χ2v) is 4.82. The summed E-state index contributed by atoms with van der Waals surface area (Å²) in [4.78, 5) is 25.2. The maximum absolute atomic E-state index is 12.0. The predicted octanol–water partition coefficient (Wildman–Crippen LogP) is 0.701. The third-order valence-corrected chi connectivity index (χ3v) is 2.85. The van der Waals surface area contributed by atoms with Gasteiger partial charge in [-0.1, -0.05) is 0 Å². The molecule has 0 saturated carbocycles. The van der Waals surface area contributed by atoms with Gasteiger partial charge in [-0.3, -0.25) is 4.79 Å². The van der Waals surface area contributed by atoms with Gasteiger partial charge in [0.15, 0.2) is 0 Å². The van der Waals surface area contributed by atoms with Gasteiger partial charge in [-0.05, 0) is 40.0 Å². The molecule has 0 radical (unpaired) electrons. The van der Waals surface area contributed by atoms with E-state index in [1.165, 1.54) is 18.7 Å². The predicted molar refractivity (Wildman–Crippen MR) is 62.3 cm³/mol. The minimum Gasteiger partial charge on any atom is -0.464 e. The lowest BCUT2D eigenvalue weighted by atomic mass is 9.98. The summed E-state index contributed by atoms with van der Waals surface area (Å²) in [6.45, 7) is 5.42. The van der Waals surface area contributed by atoms with E-state index in [2.05, 4.69) is 0 Å². The summed E-state index contributed by atoms with van der Waals surface area (Å²) in [7, 11) is 0. The van der Waals surface area contributed by atoms with Crippen LogP contribution in [0.2, 0.25) is 0 Å². The Morgan fingerprint density at radius 2 is 2.06 bits per heavy atom. The molecule has 1 atom stereocenters. The van der Waals surface area contributed by atoms with E-state index >= 15 is 0 Å². The van der Waals surface area contributed by atoms with Gasteiger partial charge in [0.1, 0.15) is 11.6 Å². The molecular formula is C12H21NO4. The van der Waals surface area contributed by atoms with Gasteiger partial charge < -0.3 is 14.7 Å². The Morgan fingerprint density at radius 3 is 2.59 bits per heavy atom. The van der Waals surface area contributed by atoms with Crippen LogP contribution in [0.1, 0.15) is 40.0 Å². The summed E-state index contributed by atoms with van der Waals surface area (Å²) in [5.74, 6) is -0.778. The average molecular weight is 243 g/mol. The summed E-state index contributed by atoms with van der Waals surface area (Å²) in [5, 5.41) is 9.72. The van der Waals surface area contributed by atoms with Crippen molar-refractivity contribution >= 4 is 11.9 Å². The van der Waals surface area contributed by atoms with Gasteiger partial charge in [0.05, 0.1) is 6.61 Å². The Morgan fingerprint density at radius 1 is 1.41 bits per heavy atom. The smallest absolute Gasteiger partial charge is 0.328 e. The number of rotatable bonds is 3. The van der Waals surface area contributed by atoms with Crippen molar-refractivity contribution in [3.8, 4) is 0 Å². The third kappa shape index (κ3) is 3.43. The van der Waals surface area contributed by atoms with Crippen molar-refractivity contribution in [2.24, 2.45) is 0 Å². The first-order valence-corrected chi connectivity index (χ1v) is 6.08. The molecule has 0 spiro atoms. The largest absolute Gasteiger partial charge is 0.464 e. The number of hydrogen-bond donors (Lipinski definition) is 1. The summed E-state index contributed by atoms with van der Waals surface area (Å²) < 4.78 is 4.96. The molecule has 1 heterocycles. The maximum atomic E-state index is 12.0. The van der Waals surface area contributed by atoms with Crippen molar-refractivity contribution in [2.45, 2.75) is 51.7 Å². The molecule has 1 N–H and O–H groups in total. The number of hydrogen-bond acceptors (Lipinski definition) is 4. The molecule has 0 aromatic heterocycles. The van der Waals surface area contributed by atoms with Crippen LogP contribution in [0.25, 0.3) is 0 Å². The summed E-state index contributed by atoms with van der Waals surface area (Å²) in [5.41, 5.74) is -1.44. The van der Waals surface area contributed by atoms with Gasteiger partial charge in [0.25, 0.3) is 5.91 Å². The highest BCUT2D eigenvalue weighted by molar-refractivity contribution is 5.89. The van der Waals surface area contributed by atoms with E-state index in [0.717, 1.165) is 12.8 Å². The number of piperidine rings is 1. The van der Waals surface area contributed by atoms with Gasteiger partial charge >= 0.3 is 5.97 Å². The molecule has 5 nitrogen and oxygen atoms in total. The summed E-state index contributed by atoms with van der Waals surface area (Å²) in [6.07, 6.45) is 2.37. The van der Waals surface area contributed by atoms with Gasteiger partial charge in [0.2, 0.25) is 0 Å². The minimum atomic E-state index is -1.44. The molecule has 0 bridgehead atoms. The van der Waals surface area contributed by atoms with Gasteiger partial charge in [0, 0.05) is 6.54 Å². The van der Waals surface area contributed by atoms with E-state index in [1.807, 2.05) is 0 Å². The van der Waals surface area contributed by atoms with Crippen LogP contribution < -0.4 is 0 Å². The van der Waals surface area contributed by atoms with Gasteiger partial charge in [-0.15, -0.1) is 0 Å². The molecule has 0 aromatic rings. The van der Waals surface area contributed by atoms with Crippen LogP contribution >= 0.6 is 0 Å². The van der Waals surface area contributed by atoms with Crippen molar-refractivity contribution in [1.82, 2.24) is 4.90 Å². The van der Waals surface area contributed by atoms with Gasteiger partial charge in [-0.25, -0.2) is 4.79 Å². The fourth-order valence-corrected chi connectivity index (χ4v) is 2.01. The fourth-order valence-electron chi connectivity index (χ4n) is 2.01. The Hall–Kier alpha value is -1.10. The number of ether oxygens (including phenoxy) is 1. The number of carbonyl (C=O) groups is 2. The molecule has 1 rings (SSSR count). The lowest BCUT2D eigenvalue weighted by Gasteiger charge is -2.37. The van der Waals surface area contributed by atoms with Crippen LogP contribution in [0.3, 0.4) is 0 Å². The Balaban J connectivity index is 2.79. The van der Waals surface area contributed by atoms with E-state index in [9.17, 15) is 14.7 Å². The van der Waals surface area contributed by atoms with Gasteiger partial charge in [-0.2, -0.15) is 0 Å². The lowest BCUT2D eigenvalue weighted by Crippen LogP contribution is -2.54. The van der Waals surface area contributed by atoms with E-state index in [4.69, 9.17) is 4.74 Å². The second-order valence-electron chi connectivity index (χ2n) is 4.82. The monoisotopic (exact) mass is 243 g/mol. The van der Waals surface area contributed by atoms with Crippen LogP contribution in [0.4, 0.5) is 0 Å². The number of aliphatic hydroxyl groups is 1. The molecule has 1 aliphatic heterocycles. The van der Waals surface area contributed by atoms with Crippen LogP contribution in [0.15, 0.2) is 0 Å². The molecule has 1 fully saturated rings. The van der Waals surface area contributed by atoms with Crippen molar-refractivity contribution in [3.05, 3.63) is 0 Å². The van der Waals surface area contributed by atoms with Crippen molar-refractivity contribution in [2.75, 3.05) is 13.2 Å². The Labute approximate surface area is 102 Å². The molecule has 98 valence electrons. The molecule has 0 aliphatic carbocycles. The molecular weight excluding hydrogens is 222 g/mol. The molecule has 0 aromatic carbocycles. The highest BCUT2D eigenvalue weighted by atomic mass is 16.5. The first-order chi connectivity index (χ1) is 7.88. The maximum Gasteiger partial charge on any atom is 0.328 e. The van der Waals surface area contributed by atoms with E-state index in [1.54, 1.807) is 6.92 Å². The number of carbonyl (C=O) groups excluding carboxylic acids is 2. The van der Waals surface area contributed by atoms with Crippen LogP contribution in [0.5, 0.6) is 0 Å². The molecule has 1 aliphatic rings.